The van der Waals surface area contributed by atoms with Crippen molar-refractivity contribution in [2.75, 3.05) is 29.8 Å². The average Bonchev–Trinajstić information content (AvgIpc) is 2.85. The van der Waals surface area contributed by atoms with Crippen LogP contribution in [0.1, 0.15) is 33.5 Å². The third-order valence-corrected chi connectivity index (χ3v) is 8.02. The highest BCUT2D eigenvalue weighted by atomic mass is 32.2. The maximum Gasteiger partial charge on any atom is 0.264 e. The number of amides is 2. The smallest absolute Gasteiger partial charge is 0.264 e. The van der Waals surface area contributed by atoms with E-state index in [1.807, 2.05) is 56.3 Å². The van der Waals surface area contributed by atoms with Gasteiger partial charge in [-0.25, -0.2) is 8.42 Å². The second-order valence-electron chi connectivity index (χ2n) is 8.81. The Balaban J connectivity index is 1.51. The van der Waals surface area contributed by atoms with E-state index in [1.54, 1.807) is 12.1 Å². The van der Waals surface area contributed by atoms with Crippen LogP contribution in [0.25, 0.3) is 0 Å². The number of carbonyl (C=O) groups is 2. The van der Waals surface area contributed by atoms with Crippen LogP contribution >= 0.6 is 0 Å². The summed E-state index contributed by atoms with van der Waals surface area (Å²) in [6.45, 7) is 4.04. The van der Waals surface area contributed by atoms with E-state index in [0.29, 0.717) is 12.2 Å². The molecule has 35 heavy (non-hydrogen) atoms. The first kappa shape index (κ1) is 24.5. The fraction of sp³-hybridized carbons (Fsp3) is 0.259. The lowest BCUT2D eigenvalue weighted by Gasteiger charge is -2.30. The minimum atomic E-state index is -3.85. The van der Waals surface area contributed by atoms with Gasteiger partial charge in [0.15, 0.2) is 0 Å². The van der Waals surface area contributed by atoms with Crippen LogP contribution in [-0.4, -0.2) is 45.3 Å². The number of hydrogen-bond acceptors (Lipinski definition) is 4. The number of aryl methyl sites for hydroxylation is 3. The van der Waals surface area contributed by atoms with Crippen molar-refractivity contribution in [2.45, 2.75) is 31.6 Å². The standard InChI is InChI=1S/C27H29N3O4S/c1-19-9-6-10-20(2)26(19)28-25(31)18-29(3)27(32)22-12-7-14-23(17-22)35(33,34)30-16-8-13-21-11-4-5-15-24(21)30/h4-7,9-12,14-15,17H,8,13,16,18H2,1-3H3,(H,28,31). The van der Waals surface area contributed by atoms with Crippen LogP contribution in [-0.2, 0) is 21.2 Å². The Labute approximate surface area is 206 Å². The summed E-state index contributed by atoms with van der Waals surface area (Å²) in [5.74, 6) is -0.760. The summed E-state index contributed by atoms with van der Waals surface area (Å²) in [7, 11) is -2.32. The first-order valence-corrected chi connectivity index (χ1v) is 12.9. The van der Waals surface area contributed by atoms with Crippen LogP contribution in [0.5, 0.6) is 0 Å². The Morgan fingerprint density at radius 3 is 2.40 bits per heavy atom. The summed E-state index contributed by atoms with van der Waals surface area (Å²) in [5, 5.41) is 2.87. The first-order valence-electron chi connectivity index (χ1n) is 11.5. The molecule has 0 radical (unpaired) electrons. The zero-order chi connectivity index (χ0) is 25.2. The summed E-state index contributed by atoms with van der Waals surface area (Å²) in [5.41, 5.74) is 4.47. The Kier molecular flexibility index (Phi) is 6.93. The molecular formula is C27H29N3O4S. The van der Waals surface area contributed by atoms with Gasteiger partial charge >= 0.3 is 0 Å². The van der Waals surface area contributed by atoms with Crippen LogP contribution in [0.2, 0.25) is 0 Å². The maximum absolute atomic E-state index is 13.5. The minimum Gasteiger partial charge on any atom is -0.332 e. The molecule has 4 rings (SSSR count). The van der Waals surface area contributed by atoms with E-state index in [-0.39, 0.29) is 22.9 Å². The molecule has 0 saturated carbocycles. The van der Waals surface area contributed by atoms with Crippen LogP contribution < -0.4 is 9.62 Å². The monoisotopic (exact) mass is 491 g/mol. The van der Waals surface area contributed by atoms with Gasteiger partial charge in [0.25, 0.3) is 15.9 Å². The molecule has 0 spiro atoms. The lowest BCUT2D eigenvalue weighted by molar-refractivity contribution is -0.116. The van der Waals surface area contributed by atoms with E-state index in [9.17, 15) is 18.0 Å². The molecule has 0 aromatic heterocycles. The van der Waals surface area contributed by atoms with Gasteiger partial charge in [0, 0.05) is 24.8 Å². The van der Waals surface area contributed by atoms with Crippen molar-refractivity contribution >= 4 is 33.2 Å². The highest BCUT2D eigenvalue weighted by Crippen LogP contribution is 2.32. The van der Waals surface area contributed by atoms with Crippen molar-refractivity contribution in [3.8, 4) is 0 Å². The minimum absolute atomic E-state index is 0.0495. The van der Waals surface area contributed by atoms with Crippen molar-refractivity contribution in [3.63, 3.8) is 0 Å². The molecule has 1 aliphatic rings. The maximum atomic E-state index is 13.5. The van der Waals surface area contributed by atoms with Gasteiger partial charge in [0.2, 0.25) is 5.91 Å². The fourth-order valence-electron chi connectivity index (χ4n) is 4.36. The number of sulfonamides is 1. The van der Waals surface area contributed by atoms with E-state index in [0.717, 1.165) is 35.2 Å². The zero-order valence-electron chi connectivity index (χ0n) is 20.1. The van der Waals surface area contributed by atoms with E-state index >= 15 is 0 Å². The number of rotatable bonds is 6. The second kappa shape index (κ2) is 9.92. The molecule has 2 amide bonds. The van der Waals surface area contributed by atoms with E-state index < -0.39 is 15.9 Å². The predicted molar refractivity (Wildman–Crippen MR) is 137 cm³/mol. The summed E-state index contributed by atoms with van der Waals surface area (Å²) in [4.78, 5) is 27.0. The van der Waals surface area contributed by atoms with Gasteiger partial charge in [0.1, 0.15) is 0 Å². The molecule has 7 nitrogen and oxygen atoms in total. The number of nitrogens with zero attached hydrogens (tertiary/aromatic N) is 2. The number of fused-ring (bicyclic) bond motifs is 1. The summed E-state index contributed by atoms with van der Waals surface area (Å²) in [6.07, 6.45) is 1.56. The highest BCUT2D eigenvalue weighted by molar-refractivity contribution is 7.92. The molecule has 0 atom stereocenters. The molecule has 0 fully saturated rings. The Morgan fingerprint density at radius 1 is 0.971 bits per heavy atom. The van der Waals surface area contributed by atoms with E-state index in [2.05, 4.69) is 5.32 Å². The number of carbonyl (C=O) groups excluding carboxylic acids is 2. The van der Waals surface area contributed by atoms with Crippen molar-refractivity contribution in [1.29, 1.82) is 0 Å². The van der Waals surface area contributed by atoms with Crippen LogP contribution in [0.4, 0.5) is 11.4 Å². The normalized spacial score (nSPS) is 13.2. The molecule has 1 heterocycles. The second-order valence-corrected chi connectivity index (χ2v) is 10.7. The van der Waals surface area contributed by atoms with Crippen LogP contribution in [0.15, 0.2) is 71.6 Å². The molecule has 0 unspecified atom stereocenters. The number of nitrogens with one attached hydrogen (secondary N) is 1. The lowest BCUT2D eigenvalue weighted by atomic mass is 10.0. The van der Waals surface area contributed by atoms with Gasteiger partial charge in [0.05, 0.1) is 17.1 Å². The molecular weight excluding hydrogens is 462 g/mol. The molecule has 0 bridgehead atoms. The number of likely N-dealkylation sites (N-methyl/N-ethyl adjacent to an activating group) is 1. The first-order chi connectivity index (χ1) is 16.7. The third-order valence-electron chi connectivity index (χ3n) is 6.21. The van der Waals surface area contributed by atoms with Gasteiger partial charge in [-0.3, -0.25) is 13.9 Å². The van der Waals surface area contributed by atoms with Crippen molar-refractivity contribution in [2.24, 2.45) is 0 Å². The quantitative estimate of drug-likeness (QED) is 0.561. The SMILES string of the molecule is Cc1cccc(C)c1NC(=O)CN(C)C(=O)c1cccc(S(=O)(=O)N2CCCc3ccccc32)c1. The Morgan fingerprint density at radius 2 is 1.66 bits per heavy atom. The van der Waals surface area contributed by atoms with Crippen molar-refractivity contribution in [3.05, 3.63) is 89.0 Å². The topological polar surface area (TPSA) is 86.8 Å². The Hall–Kier alpha value is -3.65. The number of para-hydroxylation sites is 2. The molecule has 1 N–H and O–H groups in total. The van der Waals surface area contributed by atoms with Gasteiger partial charge < -0.3 is 10.2 Å². The zero-order valence-corrected chi connectivity index (χ0v) is 20.9. The average molecular weight is 492 g/mol. The van der Waals surface area contributed by atoms with Crippen LogP contribution in [0.3, 0.4) is 0 Å². The molecule has 0 aliphatic carbocycles. The lowest BCUT2D eigenvalue weighted by Crippen LogP contribution is -2.36. The molecule has 8 heteroatoms. The number of anilines is 2. The van der Waals surface area contributed by atoms with Crippen molar-refractivity contribution in [1.82, 2.24) is 4.90 Å². The van der Waals surface area contributed by atoms with Gasteiger partial charge in [-0.05, 0) is 67.6 Å². The Bertz CT molecular complexity index is 1360. The van der Waals surface area contributed by atoms with Gasteiger partial charge in [-0.1, -0.05) is 42.5 Å². The van der Waals surface area contributed by atoms with Gasteiger partial charge in [-0.2, -0.15) is 0 Å². The van der Waals surface area contributed by atoms with Crippen LogP contribution in [0, 0.1) is 13.8 Å². The van der Waals surface area contributed by atoms with Crippen molar-refractivity contribution < 1.29 is 18.0 Å². The fourth-order valence-corrected chi connectivity index (χ4v) is 5.95. The number of hydrogen-bond donors (Lipinski definition) is 1. The van der Waals surface area contributed by atoms with E-state index in [4.69, 9.17) is 0 Å². The number of benzene rings is 3. The predicted octanol–water partition coefficient (Wildman–Crippen LogP) is 4.16. The largest absolute Gasteiger partial charge is 0.332 e. The summed E-state index contributed by atoms with van der Waals surface area (Å²) >= 11 is 0. The summed E-state index contributed by atoms with van der Waals surface area (Å²) in [6, 6.07) is 19.2. The molecule has 3 aromatic rings. The third kappa shape index (κ3) is 5.07. The van der Waals surface area contributed by atoms with E-state index in [1.165, 1.54) is 28.4 Å². The molecule has 0 saturated heterocycles. The molecule has 3 aromatic carbocycles. The molecule has 1 aliphatic heterocycles. The highest BCUT2D eigenvalue weighted by Gasteiger charge is 2.29. The summed E-state index contributed by atoms with van der Waals surface area (Å²) < 4.78 is 28.4. The van der Waals surface area contributed by atoms with Gasteiger partial charge in [-0.15, -0.1) is 0 Å². The molecule has 182 valence electrons.